The molecule has 2 atom stereocenters. The van der Waals surface area contributed by atoms with E-state index in [-0.39, 0.29) is 6.04 Å². The Morgan fingerprint density at radius 1 is 1.46 bits per heavy atom. The minimum atomic E-state index is 0.287. The Morgan fingerprint density at radius 2 is 2.23 bits per heavy atom. The summed E-state index contributed by atoms with van der Waals surface area (Å²) < 4.78 is 0. The second-order valence-electron chi connectivity index (χ2n) is 3.58. The minimum absolute atomic E-state index is 0.287. The zero-order valence-electron chi connectivity index (χ0n) is 7.66. The van der Waals surface area contributed by atoms with Crippen LogP contribution in [-0.4, -0.2) is 12.5 Å². The Kier molecular flexibility index (Phi) is 2.05. The number of carbonyl (C=O) groups is 1. The SMILES string of the molecule is CC1c2ccccc2CC1NC=O. The summed E-state index contributed by atoms with van der Waals surface area (Å²) in [6, 6.07) is 8.67. The van der Waals surface area contributed by atoms with E-state index < -0.39 is 0 Å². The summed E-state index contributed by atoms with van der Waals surface area (Å²) in [5, 5.41) is 2.86. The van der Waals surface area contributed by atoms with Gasteiger partial charge in [0.25, 0.3) is 0 Å². The van der Waals surface area contributed by atoms with Crippen molar-refractivity contribution in [2.24, 2.45) is 0 Å². The van der Waals surface area contributed by atoms with Gasteiger partial charge in [0.1, 0.15) is 0 Å². The summed E-state index contributed by atoms with van der Waals surface area (Å²) in [7, 11) is 0. The molecule has 0 saturated heterocycles. The summed E-state index contributed by atoms with van der Waals surface area (Å²) in [4.78, 5) is 10.3. The number of rotatable bonds is 2. The normalized spacial score (nSPS) is 25.3. The van der Waals surface area contributed by atoms with Crippen LogP contribution in [0.3, 0.4) is 0 Å². The van der Waals surface area contributed by atoms with Crippen LogP contribution in [0.15, 0.2) is 24.3 Å². The fraction of sp³-hybridized carbons (Fsp3) is 0.364. The fourth-order valence-electron chi connectivity index (χ4n) is 2.09. The molecule has 1 aromatic rings. The van der Waals surface area contributed by atoms with Crippen molar-refractivity contribution < 1.29 is 4.79 Å². The van der Waals surface area contributed by atoms with Crippen molar-refractivity contribution in [3.63, 3.8) is 0 Å². The molecule has 1 aliphatic rings. The number of fused-ring (bicyclic) bond motifs is 1. The molecule has 0 heterocycles. The molecule has 0 saturated carbocycles. The standard InChI is InChI=1S/C11H13NO/c1-8-10-5-3-2-4-9(10)6-11(8)12-7-13/h2-5,7-8,11H,6H2,1H3,(H,12,13). The molecule has 2 unspecified atom stereocenters. The number of carbonyl (C=O) groups excluding carboxylic acids is 1. The first-order valence-corrected chi connectivity index (χ1v) is 4.60. The van der Waals surface area contributed by atoms with Gasteiger partial charge in [0, 0.05) is 12.0 Å². The van der Waals surface area contributed by atoms with Crippen molar-refractivity contribution in [1.29, 1.82) is 0 Å². The van der Waals surface area contributed by atoms with E-state index in [9.17, 15) is 4.79 Å². The average Bonchev–Trinajstić information content (AvgIpc) is 2.46. The Bertz CT molecular complexity index is 322. The number of benzene rings is 1. The first-order chi connectivity index (χ1) is 6.33. The van der Waals surface area contributed by atoms with Gasteiger partial charge < -0.3 is 5.32 Å². The Morgan fingerprint density at radius 3 is 2.92 bits per heavy atom. The second-order valence-corrected chi connectivity index (χ2v) is 3.58. The molecular weight excluding hydrogens is 162 g/mol. The molecule has 13 heavy (non-hydrogen) atoms. The van der Waals surface area contributed by atoms with Gasteiger partial charge in [-0.25, -0.2) is 0 Å². The van der Waals surface area contributed by atoms with E-state index in [0.717, 1.165) is 12.8 Å². The minimum Gasteiger partial charge on any atom is -0.355 e. The lowest BCUT2D eigenvalue weighted by Gasteiger charge is -2.13. The number of amides is 1. The molecule has 0 spiro atoms. The smallest absolute Gasteiger partial charge is 0.207 e. The van der Waals surface area contributed by atoms with Gasteiger partial charge >= 0.3 is 0 Å². The predicted octanol–water partition coefficient (Wildman–Crippen LogP) is 1.46. The molecule has 68 valence electrons. The zero-order chi connectivity index (χ0) is 9.26. The Hall–Kier alpha value is -1.31. The lowest BCUT2D eigenvalue weighted by atomic mass is 10.0. The van der Waals surface area contributed by atoms with Gasteiger partial charge in [-0.1, -0.05) is 31.2 Å². The van der Waals surface area contributed by atoms with Crippen LogP contribution in [0.5, 0.6) is 0 Å². The van der Waals surface area contributed by atoms with Crippen molar-refractivity contribution in [1.82, 2.24) is 5.32 Å². The molecule has 1 amide bonds. The van der Waals surface area contributed by atoms with Gasteiger partial charge in [-0.15, -0.1) is 0 Å². The van der Waals surface area contributed by atoms with Crippen LogP contribution >= 0.6 is 0 Å². The van der Waals surface area contributed by atoms with Crippen LogP contribution in [0.1, 0.15) is 24.0 Å². The van der Waals surface area contributed by atoms with E-state index in [1.165, 1.54) is 11.1 Å². The predicted molar refractivity (Wildman–Crippen MR) is 51.5 cm³/mol. The summed E-state index contributed by atoms with van der Waals surface area (Å²) in [6.45, 7) is 2.16. The maximum absolute atomic E-state index is 10.3. The highest BCUT2D eigenvalue weighted by molar-refractivity contribution is 5.49. The average molecular weight is 175 g/mol. The van der Waals surface area contributed by atoms with Crippen LogP contribution in [0.25, 0.3) is 0 Å². The summed E-state index contributed by atoms with van der Waals surface area (Å²) in [5.41, 5.74) is 2.75. The molecule has 1 aliphatic carbocycles. The molecule has 1 N–H and O–H groups in total. The van der Waals surface area contributed by atoms with Crippen molar-refractivity contribution in [2.75, 3.05) is 0 Å². The molecule has 0 fully saturated rings. The molecule has 0 aliphatic heterocycles. The van der Waals surface area contributed by atoms with Crippen molar-refractivity contribution in [3.05, 3.63) is 35.4 Å². The van der Waals surface area contributed by atoms with Gasteiger partial charge in [-0.3, -0.25) is 4.79 Å². The highest BCUT2D eigenvalue weighted by Gasteiger charge is 2.27. The third kappa shape index (κ3) is 1.32. The van der Waals surface area contributed by atoms with Crippen LogP contribution in [-0.2, 0) is 11.2 Å². The first-order valence-electron chi connectivity index (χ1n) is 4.60. The monoisotopic (exact) mass is 175 g/mol. The van der Waals surface area contributed by atoms with E-state index in [1.807, 2.05) is 0 Å². The Labute approximate surface area is 78.0 Å². The molecule has 0 bridgehead atoms. The van der Waals surface area contributed by atoms with Gasteiger partial charge in [-0.2, -0.15) is 0 Å². The molecule has 0 radical (unpaired) electrons. The van der Waals surface area contributed by atoms with Crippen LogP contribution in [0, 0.1) is 0 Å². The maximum atomic E-state index is 10.3. The van der Waals surface area contributed by atoms with E-state index in [0.29, 0.717) is 5.92 Å². The third-order valence-corrected chi connectivity index (χ3v) is 2.87. The number of nitrogens with one attached hydrogen (secondary N) is 1. The zero-order valence-corrected chi connectivity index (χ0v) is 7.66. The van der Waals surface area contributed by atoms with E-state index in [4.69, 9.17) is 0 Å². The van der Waals surface area contributed by atoms with E-state index >= 15 is 0 Å². The lowest BCUT2D eigenvalue weighted by molar-refractivity contribution is -0.110. The molecule has 2 heteroatoms. The fourth-order valence-corrected chi connectivity index (χ4v) is 2.09. The van der Waals surface area contributed by atoms with Gasteiger partial charge in [0.05, 0.1) is 0 Å². The second kappa shape index (κ2) is 3.21. The highest BCUT2D eigenvalue weighted by Crippen LogP contribution is 2.32. The molecular formula is C11H13NO. The quantitative estimate of drug-likeness (QED) is 0.677. The number of hydrogen-bond donors (Lipinski definition) is 1. The molecule has 2 nitrogen and oxygen atoms in total. The first kappa shape index (κ1) is 8.30. The van der Waals surface area contributed by atoms with E-state index in [2.05, 4.69) is 36.5 Å². The molecule has 2 rings (SSSR count). The third-order valence-electron chi connectivity index (χ3n) is 2.87. The lowest BCUT2D eigenvalue weighted by Crippen LogP contribution is -2.30. The van der Waals surface area contributed by atoms with E-state index in [1.54, 1.807) is 0 Å². The van der Waals surface area contributed by atoms with Crippen LogP contribution in [0.2, 0.25) is 0 Å². The van der Waals surface area contributed by atoms with Crippen molar-refractivity contribution >= 4 is 6.41 Å². The Balaban J connectivity index is 2.27. The van der Waals surface area contributed by atoms with Gasteiger partial charge in [0.15, 0.2) is 0 Å². The largest absolute Gasteiger partial charge is 0.355 e. The van der Waals surface area contributed by atoms with Crippen LogP contribution in [0.4, 0.5) is 0 Å². The highest BCUT2D eigenvalue weighted by atomic mass is 16.1. The van der Waals surface area contributed by atoms with Crippen molar-refractivity contribution in [3.8, 4) is 0 Å². The summed E-state index contributed by atoms with van der Waals surface area (Å²) in [6.07, 6.45) is 1.77. The van der Waals surface area contributed by atoms with Crippen molar-refractivity contribution in [2.45, 2.75) is 25.3 Å². The summed E-state index contributed by atoms with van der Waals surface area (Å²) in [5.74, 6) is 0.446. The molecule has 1 aromatic carbocycles. The topological polar surface area (TPSA) is 29.1 Å². The van der Waals surface area contributed by atoms with Crippen LogP contribution < -0.4 is 5.32 Å². The summed E-state index contributed by atoms with van der Waals surface area (Å²) >= 11 is 0. The molecule has 0 aromatic heterocycles. The van der Waals surface area contributed by atoms with Gasteiger partial charge in [-0.05, 0) is 17.5 Å². The maximum Gasteiger partial charge on any atom is 0.207 e. The number of hydrogen-bond acceptors (Lipinski definition) is 1. The van der Waals surface area contributed by atoms with Gasteiger partial charge in [0.2, 0.25) is 6.41 Å².